The summed E-state index contributed by atoms with van der Waals surface area (Å²) in [4.78, 5) is 31.9. The Morgan fingerprint density at radius 1 is 0.929 bits per heavy atom. The van der Waals surface area contributed by atoms with Crippen molar-refractivity contribution >= 4 is 64.8 Å². The molecule has 17 heteroatoms. The van der Waals surface area contributed by atoms with Crippen LogP contribution < -0.4 is 10.1 Å². The first-order valence-electron chi connectivity index (χ1n) is 17.7. The van der Waals surface area contributed by atoms with Gasteiger partial charge >= 0.3 is 12.3 Å². The number of fused-ring (bicyclic) bond motifs is 2. The van der Waals surface area contributed by atoms with Gasteiger partial charge in [0.05, 0.1) is 24.3 Å². The van der Waals surface area contributed by atoms with Gasteiger partial charge in [0, 0.05) is 31.2 Å². The summed E-state index contributed by atoms with van der Waals surface area (Å²) in [6, 6.07) is 12.2. The number of hydrogen-bond acceptors (Lipinski definition) is 5. The number of rotatable bonds is 11. The van der Waals surface area contributed by atoms with Gasteiger partial charge < -0.3 is 19.7 Å². The number of amides is 2. The first-order valence-corrected chi connectivity index (χ1v) is 18.8. The molecule has 2 amide bonds. The molecular formula is C39H39Cl4F6N3O4. The third kappa shape index (κ3) is 9.66. The van der Waals surface area contributed by atoms with Crippen LogP contribution in [-0.4, -0.2) is 69.0 Å². The van der Waals surface area contributed by atoms with Crippen LogP contribution in [0.25, 0.3) is 5.57 Å². The van der Waals surface area contributed by atoms with E-state index >= 15 is 0 Å². The molecule has 0 aromatic heterocycles. The van der Waals surface area contributed by atoms with E-state index in [2.05, 4.69) is 5.32 Å². The molecule has 1 saturated heterocycles. The lowest BCUT2D eigenvalue weighted by Crippen LogP contribution is -2.64. The van der Waals surface area contributed by atoms with E-state index in [1.165, 1.54) is 24.8 Å². The van der Waals surface area contributed by atoms with Gasteiger partial charge in [-0.05, 0) is 92.5 Å². The second kappa shape index (κ2) is 17.2. The summed E-state index contributed by atoms with van der Waals surface area (Å²) in [5, 5.41) is 3.30. The fourth-order valence-electron chi connectivity index (χ4n) is 6.86. The molecule has 6 rings (SSSR count). The summed E-state index contributed by atoms with van der Waals surface area (Å²) < 4.78 is 91.4. The van der Waals surface area contributed by atoms with Gasteiger partial charge in [-0.25, -0.2) is 13.6 Å². The Hall–Kier alpha value is -3.36. The maximum atomic E-state index is 14.9. The van der Waals surface area contributed by atoms with Gasteiger partial charge in [-0.15, -0.1) is 12.4 Å². The zero-order valence-corrected chi connectivity index (χ0v) is 33.3. The maximum Gasteiger partial charge on any atom is 0.416 e. The van der Waals surface area contributed by atoms with Crippen LogP contribution in [0.2, 0.25) is 0 Å². The van der Waals surface area contributed by atoms with Crippen molar-refractivity contribution in [1.82, 2.24) is 15.1 Å². The van der Waals surface area contributed by atoms with Gasteiger partial charge in [-0.2, -0.15) is 17.6 Å². The van der Waals surface area contributed by atoms with Gasteiger partial charge in [0.25, 0.3) is 5.91 Å². The molecule has 0 spiro atoms. The van der Waals surface area contributed by atoms with Crippen LogP contribution in [0.5, 0.6) is 5.75 Å². The molecule has 2 bridgehead atoms. The number of nitrogens with zero attached hydrogens (tertiary/aromatic N) is 2. The SMILES string of the molecule is CC(C)(OC(=O)N1C2CNC[C@@H]1C(C(=O)N(Cc1cccc(C(F)(F)F)c1)C1CC1)=C(c1ccc(CCCOc3c(F)ccc(F)c3F)cc1)C2)C(Cl)(Cl)Cl.Cl. The Bertz CT molecular complexity index is 1950. The lowest BCUT2D eigenvalue weighted by Gasteiger charge is -2.48. The molecule has 3 aromatic rings. The Labute approximate surface area is 341 Å². The number of ether oxygens (including phenoxy) is 2. The average Bonchev–Trinajstić information content (AvgIpc) is 3.96. The normalized spacial score (nSPS) is 18.7. The minimum atomic E-state index is -4.57. The van der Waals surface area contributed by atoms with E-state index in [-0.39, 0.29) is 44.6 Å². The Morgan fingerprint density at radius 3 is 2.25 bits per heavy atom. The summed E-state index contributed by atoms with van der Waals surface area (Å²) in [7, 11) is 0. The summed E-state index contributed by atoms with van der Waals surface area (Å²) in [5.74, 6) is -4.82. The number of aryl methyl sites for hydroxylation is 1. The molecule has 2 heterocycles. The molecule has 7 nitrogen and oxygen atoms in total. The molecule has 0 radical (unpaired) electrons. The first-order chi connectivity index (χ1) is 25.9. The van der Waals surface area contributed by atoms with Crippen molar-refractivity contribution in [2.24, 2.45) is 0 Å². The van der Waals surface area contributed by atoms with E-state index in [1.807, 2.05) is 24.3 Å². The highest BCUT2D eigenvalue weighted by Crippen LogP contribution is 2.44. The Morgan fingerprint density at radius 2 is 1.61 bits per heavy atom. The molecule has 304 valence electrons. The fraction of sp³-hybridized carbons (Fsp3) is 0.436. The number of hydrogen-bond donors (Lipinski definition) is 1. The number of halogens is 10. The zero-order chi connectivity index (χ0) is 39.9. The van der Waals surface area contributed by atoms with E-state index in [1.54, 1.807) is 11.0 Å². The summed E-state index contributed by atoms with van der Waals surface area (Å²) in [6.45, 7) is 3.30. The molecule has 2 aliphatic heterocycles. The number of carbonyl (C=O) groups is 2. The molecule has 1 unspecified atom stereocenters. The molecule has 1 saturated carbocycles. The van der Waals surface area contributed by atoms with Crippen LogP contribution >= 0.6 is 47.2 Å². The number of carbonyl (C=O) groups excluding carboxylic acids is 2. The molecule has 3 aromatic carbocycles. The maximum absolute atomic E-state index is 14.9. The van der Waals surface area contributed by atoms with Crippen molar-refractivity contribution in [3.8, 4) is 5.75 Å². The average molecular weight is 870 g/mol. The van der Waals surface area contributed by atoms with Crippen molar-refractivity contribution in [3.05, 3.63) is 106 Å². The van der Waals surface area contributed by atoms with E-state index in [0.717, 1.165) is 23.8 Å². The molecular weight excluding hydrogens is 830 g/mol. The van der Waals surface area contributed by atoms with Crippen LogP contribution in [0.3, 0.4) is 0 Å². The minimum Gasteiger partial charge on any atom is -0.488 e. The quantitative estimate of drug-likeness (QED) is 0.0900. The van der Waals surface area contributed by atoms with Crippen molar-refractivity contribution in [2.75, 3.05) is 19.7 Å². The molecule has 2 fully saturated rings. The minimum absolute atomic E-state index is 0. The topological polar surface area (TPSA) is 71.1 Å². The number of nitrogens with one attached hydrogen (secondary N) is 1. The molecule has 1 aliphatic carbocycles. The summed E-state index contributed by atoms with van der Waals surface area (Å²) >= 11 is 18.4. The molecule has 56 heavy (non-hydrogen) atoms. The zero-order valence-electron chi connectivity index (χ0n) is 30.2. The summed E-state index contributed by atoms with van der Waals surface area (Å²) in [6.07, 6.45) is -2.99. The van der Waals surface area contributed by atoms with Crippen LogP contribution in [0.15, 0.2) is 66.2 Å². The number of alkyl halides is 6. The Balaban J connectivity index is 0.00000600. The monoisotopic (exact) mass is 867 g/mol. The van der Waals surface area contributed by atoms with Crippen molar-refractivity contribution in [3.63, 3.8) is 0 Å². The predicted molar refractivity (Wildman–Crippen MR) is 204 cm³/mol. The molecule has 3 aliphatic rings. The first kappa shape index (κ1) is 43.8. The van der Waals surface area contributed by atoms with Crippen LogP contribution in [0, 0.1) is 17.5 Å². The predicted octanol–water partition coefficient (Wildman–Crippen LogP) is 9.83. The van der Waals surface area contributed by atoms with Crippen LogP contribution in [-0.2, 0) is 28.7 Å². The van der Waals surface area contributed by atoms with E-state index < -0.39 is 68.4 Å². The largest absolute Gasteiger partial charge is 0.488 e. The van der Waals surface area contributed by atoms with E-state index in [4.69, 9.17) is 44.3 Å². The van der Waals surface area contributed by atoms with Crippen LogP contribution in [0.1, 0.15) is 61.8 Å². The molecule has 1 N–H and O–H groups in total. The number of benzene rings is 3. The lowest BCUT2D eigenvalue weighted by atomic mass is 9.81. The van der Waals surface area contributed by atoms with E-state index in [0.29, 0.717) is 60.6 Å². The van der Waals surface area contributed by atoms with Crippen LogP contribution in [0.4, 0.5) is 31.1 Å². The lowest BCUT2D eigenvalue weighted by molar-refractivity contribution is -0.137. The third-order valence-electron chi connectivity index (χ3n) is 10.0. The summed E-state index contributed by atoms with van der Waals surface area (Å²) in [5.41, 5.74) is 0.462. The smallest absolute Gasteiger partial charge is 0.416 e. The Kier molecular flexibility index (Phi) is 13.5. The highest BCUT2D eigenvalue weighted by atomic mass is 35.6. The van der Waals surface area contributed by atoms with Crippen molar-refractivity contribution in [1.29, 1.82) is 0 Å². The fourth-order valence-corrected chi connectivity index (χ4v) is 6.98. The van der Waals surface area contributed by atoms with Crippen molar-refractivity contribution < 1.29 is 45.4 Å². The van der Waals surface area contributed by atoms with Gasteiger partial charge in [-0.1, -0.05) is 71.2 Å². The van der Waals surface area contributed by atoms with Gasteiger partial charge in [-0.3, -0.25) is 9.69 Å². The molecule has 2 atom stereocenters. The highest BCUT2D eigenvalue weighted by Gasteiger charge is 2.50. The third-order valence-corrected chi connectivity index (χ3v) is 11.4. The van der Waals surface area contributed by atoms with Gasteiger partial charge in [0.15, 0.2) is 23.0 Å². The van der Waals surface area contributed by atoms with Gasteiger partial charge in [0.2, 0.25) is 9.61 Å². The number of piperazine rings is 1. The van der Waals surface area contributed by atoms with Crippen molar-refractivity contribution in [2.45, 2.75) is 86.2 Å². The standard InChI is InChI=1S/C39H38Cl3F6N3O4.ClH/c1-37(2,39(40,41)42)55-36(53)51-27-18-28(24-10-8-22(9-11-24)6-4-16-54-34-30(44)15-14-29(43)33(34)45)32(31(51)20-49-19-27)35(52)50(26-12-13-26)21-23-5-3-7-25(17-23)38(46,47)48;/h3,5,7-11,14-15,17,26-27,31,49H,4,6,12-13,16,18-21H2,1-2H3;1H/t27?,31-;/m1./s1. The second-order valence-corrected chi connectivity index (χ2v) is 16.7. The van der Waals surface area contributed by atoms with Gasteiger partial charge in [0.1, 0.15) is 0 Å². The highest BCUT2D eigenvalue weighted by molar-refractivity contribution is 6.68. The van der Waals surface area contributed by atoms with E-state index in [9.17, 15) is 35.9 Å². The second-order valence-electron chi connectivity index (χ2n) is 14.4.